The Morgan fingerprint density at radius 2 is 1.37 bits per heavy atom. The Hall–Kier alpha value is -4.36. The highest BCUT2D eigenvalue weighted by molar-refractivity contribution is 6.06. The zero-order chi connectivity index (χ0) is 26.3. The minimum atomic E-state index is -0.388. The van der Waals surface area contributed by atoms with Crippen molar-refractivity contribution in [1.29, 1.82) is 0 Å². The number of nitrogens with zero attached hydrogens (tertiary/aromatic N) is 1. The lowest BCUT2D eigenvalue weighted by molar-refractivity contribution is -0.106. The predicted molar refractivity (Wildman–Crippen MR) is 148 cm³/mol. The van der Waals surface area contributed by atoms with Crippen LogP contribution >= 0.6 is 0 Å². The SMILES string of the molecule is COC(OC)c1ccc(-c2ccc(-c3cc(C(=O)NOCc4ccccc4)c4ccccc4n3)cc2)cc1. The highest BCUT2D eigenvalue weighted by atomic mass is 16.7. The molecule has 1 heterocycles. The molecular weight excluding hydrogens is 476 g/mol. The van der Waals surface area contributed by atoms with Crippen LogP contribution in [0, 0.1) is 0 Å². The Labute approximate surface area is 221 Å². The van der Waals surface area contributed by atoms with Crippen molar-refractivity contribution in [2.75, 3.05) is 14.2 Å². The van der Waals surface area contributed by atoms with Crippen molar-refractivity contribution >= 4 is 16.8 Å². The van der Waals surface area contributed by atoms with Crippen LogP contribution in [0.25, 0.3) is 33.3 Å². The van der Waals surface area contributed by atoms with Gasteiger partial charge in [0.2, 0.25) is 0 Å². The van der Waals surface area contributed by atoms with Crippen molar-refractivity contribution in [3.63, 3.8) is 0 Å². The van der Waals surface area contributed by atoms with Crippen LogP contribution in [0.1, 0.15) is 27.8 Å². The molecule has 0 fully saturated rings. The van der Waals surface area contributed by atoms with Gasteiger partial charge in [0.05, 0.1) is 23.4 Å². The molecule has 0 aliphatic heterocycles. The number of benzene rings is 4. The van der Waals surface area contributed by atoms with Gasteiger partial charge in [0.15, 0.2) is 6.29 Å². The average molecular weight is 505 g/mol. The van der Waals surface area contributed by atoms with Crippen LogP contribution in [0.2, 0.25) is 0 Å². The normalized spacial score (nSPS) is 11.1. The Kier molecular flexibility index (Phi) is 7.85. The summed E-state index contributed by atoms with van der Waals surface area (Å²) in [7, 11) is 3.24. The number of pyridine rings is 1. The molecular formula is C32H28N2O4. The second-order valence-corrected chi connectivity index (χ2v) is 8.78. The zero-order valence-electron chi connectivity index (χ0n) is 21.3. The number of para-hydroxylation sites is 1. The lowest BCUT2D eigenvalue weighted by Crippen LogP contribution is -2.24. The van der Waals surface area contributed by atoms with Crippen molar-refractivity contribution in [3.8, 4) is 22.4 Å². The van der Waals surface area contributed by atoms with Gasteiger partial charge in [-0.2, -0.15) is 0 Å². The molecule has 0 atom stereocenters. The largest absolute Gasteiger partial charge is 0.352 e. The Bertz CT molecular complexity index is 1510. The molecule has 0 spiro atoms. The van der Waals surface area contributed by atoms with Crippen LogP contribution in [-0.2, 0) is 20.9 Å². The molecule has 1 aromatic heterocycles. The molecule has 38 heavy (non-hydrogen) atoms. The molecule has 6 nitrogen and oxygen atoms in total. The smallest absolute Gasteiger partial charge is 0.275 e. The van der Waals surface area contributed by atoms with E-state index in [0.29, 0.717) is 11.3 Å². The van der Waals surface area contributed by atoms with Crippen molar-refractivity contribution in [2.45, 2.75) is 12.9 Å². The first-order chi connectivity index (χ1) is 18.7. The van der Waals surface area contributed by atoms with Crippen molar-refractivity contribution in [2.24, 2.45) is 0 Å². The first-order valence-corrected chi connectivity index (χ1v) is 12.3. The van der Waals surface area contributed by atoms with Gasteiger partial charge in [-0.05, 0) is 28.8 Å². The number of hydroxylamine groups is 1. The molecule has 5 aromatic rings. The molecule has 1 N–H and O–H groups in total. The third-order valence-corrected chi connectivity index (χ3v) is 6.33. The topological polar surface area (TPSA) is 69.7 Å². The van der Waals surface area contributed by atoms with Crippen LogP contribution < -0.4 is 5.48 Å². The van der Waals surface area contributed by atoms with E-state index in [1.54, 1.807) is 14.2 Å². The van der Waals surface area contributed by atoms with E-state index in [-0.39, 0.29) is 18.8 Å². The Balaban J connectivity index is 1.38. The number of hydrogen-bond donors (Lipinski definition) is 1. The Morgan fingerprint density at radius 1 is 0.763 bits per heavy atom. The molecule has 1 amide bonds. The van der Waals surface area contributed by atoms with Crippen molar-refractivity contribution < 1.29 is 19.1 Å². The van der Waals surface area contributed by atoms with E-state index in [4.69, 9.17) is 19.3 Å². The van der Waals surface area contributed by atoms with E-state index in [1.807, 2.05) is 109 Å². The lowest BCUT2D eigenvalue weighted by atomic mass is 9.99. The molecule has 0 radical (unpaired) electrons. The van der Waals surface area contributed by atoms with Crippen LogP contribution in [-0.4, -0.2) is 25.1 Å². The summed E-state index contributed by atoms with van der Waals surface area (Å²) in [6.07, 6.45) is -0.388. The number of carbonyl (C=O) groups is 1. The molecule has 0 unspecified atom stereocenters. The minimum absolute atomic E-state index is 0.280. The number of carbonyl (C=O) groups excluding carboxylic acids is 1. The van der Waals surface area contributed by atoms with Crippen LogP contribution in [0.5, 0.6) is 0 Å². The molecule has 6 heteroatoms. The maximum absolute atomic E-state index is 13.1. The fourth-order valence-corrected chi connectivity index (χ4v) is 4.36. The predicted octanol–water partition coefficient (Wildman–Crippen LogP) is 6.72. The first kappa shape index (κ1) is 25.3. The monoisotopic (exact) mass is 504 g/mol. The maximum atomic E-state index is 13.1. The number of rotatable bonds is 9. The summed E-state index contributed by atoms with van der Waals surface area (Å²) in [5.41, 5.74) is 9.52. The Morgan fingerprint density at radius 3 is 2.05 bits per heavy atom. The van der Waals surface area contributed by atoms with Gasteiger partial charge in [-0.15, -0.1) is 0 Å². The summed E-state index contributed by atoms with van der Waals surface area (Å²) in [4.78, 5) is 23.4. The van der Waals surface area contributed by atoms with E-state index in [0.717, 1.165) is 38.7 Å². The number of aromatic nitrogens is 1. The van der Waals surface area contributed by atoms with Gasteiger partial charge in [0, 0.05) is 30.7 Å². The van der Waals surface area contributed by atoms with Crippen molar-refractivity contribution in [1.82, 2.24) is 10.5 Å². The molecule has 0 aliphatic carbocycles. The van der Waals surface area contributed by atoms with Crippen LogP contribution in [0.4, 0.5) is 0 Å². The van der Waals surface area contributed by atoms with E-state index in [9.17, 15) is 4.79 Å². The number of amides is 1. The third kappa shape index (κ3) is 5.63. The third-order valence-electron chi connectivity index (χ3n) is 6.33. The average Bonchev–Trinajstić information content (AvgIpc) is 2.98. The van der Waals surface area contributed by atoms with Gasteiger partial charge < -0.3 is 9.47 Å². The van der Waals surface area contributed by atoms with Gasteiger partial charge in [0.1, 0.15) is 0 Å². The van der Waals surface area contributed by atoms with Crippen LogP contribution in [0.3, 0.4) is 0 Å². The molecule has 190 valence electrons. The fraction of sp³-hybridized carbons (Fsp3) is 0.125. The molecule has 0 bridgehead atoms. The maximum Gasteiger partial charge on any atom is 0.275 e. The molecule has 4 aromatic carbocycles. The molecule has 0 aliphatic rings. The van der Waals surface area contributed by atoms with Crippen LogP contribution in [0.15, 0.2) is 109 Å². The van der Waals surface area contributed by atoms with Gasteiger partial charge in [-0.3, -0.25) is 9.63 Å². The molecule has 0 saturated carbocycles. The summed E-state index contributed by atoms with van der Waals surface area (Å²) in [5, 5.41) is 0.763. The highest BCUT2D eigenvalue weighted by Crippen LogP contribution is 2.28. The lowest BCUT2D eigenvalue weighted by Gasteiger charge is -2.14. The quantitative estimate of drug-likeness (QED) is 0.178. The second-order valence-electron chi connectivity index (χ2n) is 8.78. The molecule has 5 rings (SSSR count). The first-order valence-electron chi connectivity index (χ1n) is 12.3. The summed E-state index contributed by atoms with van der Waals surface area (Å²) >= 11 is 0. The summed E-state index contributed by atoms with van der Waals surface area (Å²) < 4.78 is 10.7. The summed E-state index contributed by atoms with van der Waals surface area (Å²) in [6, 6.07) is 35.3. The fourth-order valence-electron chi connectivity index (χ4n) is 4.36. The van der Waals surface area contributed by atoms with E-state index < -0.39 is 0 Å². The van der Waals surface area contributed by atoms with E-state index in [1.165, 1.54) is 0 Å². The van der Waals surface area contributed by atoms with Gasteiger partial charge in [0.25, 0.3) is 5.91 Å². The van der Waals surface area contributed by atoms with Gasteiger partial charge in [-0.1, -0.05) is 97.1 Å². The molecule has 0 saturated heterocycles. The standard InChI is InChI=1S/C32H28N2O4/c1-36-32(37-2)26-18-14-24(15-19-26)23-12-16-25(17-13-23)30-20-28(27-10-6-7-11-29(27)33-30)31(35)34-38-21-22-8-4-3-5-9-22/h3-20,32H,21H2,1-2H3,(H,34,35). The number of ether oxygens (including phenoxy) is 2. The van der Waals surface area contributed by atoms with Gasteiger partial charge in [-0.25, -0.2) is 10.5 Å². The van der Waals surface area contributed by atoms with E-state index >= 15 is 0 Å². The van der Waals surface area contributed by atoms with Gasteiger partial charge >= 0.3 is 0 Å². The number of hydrogen-bond acceptors (Lipinski definition) is 5. The number of fused-ring (bicyclic) bond motifs is 1. The summed E-state index contributed by atoms with van der Waals surface area (Å²) in [5.74, 6) is -0.317. The number of nitrogens with one attached hydrogen (secondary N) is 1. The zero-order valence-corrected chi connectivity index (χ0v) is 21.3. The minimum Gasteiger partial charge on any atom is -0.352 e. The summed E-state index contributed by atoms with van der Waals surface area (Å²) in [6.45, 7) is 0.280. The van der Waals surface area contributed by atoms with E-state index in [2.05, 4.69) is 5.48 Å². The van der Waals surface area contributed by atoms with Crippen molar-refractivity contribution in [3.05, 3.63) is 126 Å². The highest BCUT2D eigenvalue weighted by Gasteiger charge is 2.15. The second kappa shape index (κ2) is 11.8. The number of methoxy groups -OCH3 is 2.